The SMILES string of the molecule is CN(C)S(=O)(=O)c1cccc(NC(=O)CN2C(=O)NC(C)(C)C2=O)c1. The van der Waals surface area contributed by atoms with E-state index >= 15 is 0 Å². The third-order valence-electron chi connectivity index (χ3n) is 3.64. The van der Waals surface area contributed by atoms with Crippen molar-refractivity contribution in [2.75, 3.05) is 26.0 Å². The number of nitrogens with one attached hydrogen (secondary N) is 2. The first-order chi connectivity index (χ1) is 11.4. The van der Waals surface area contributed by atoms with Crippen LogP contribution < -0.4 is 10.6 Å². The van der Waals surface area contributed by atoms with E-state index < -0.39 is 40.0 Å². The van der Waals surface area contributed by atoms with Gasteiger partial charge in [0.05, 0.1) is 4.90 Å². The summed E-state index contributed by atoms with van der Waals surface area (Å²) < 4.78 is 25.3. The number of nitrogens with zero attached hydrogens (tertiary/aromatic N) is 2. The summed E-state index contributed by atoms with van der Waals surface area (Å²) in [5, 5.41) is 4.97. The normalized spacial score (nSPS) is 16.9. The van der Waals surface area contributed by atoms with Gasteiger partial charge in [0, 0.05) is 19.8 Å². The van der Waals surface area contributed by atoms with E-state index in [1.165, 1.54) is 38.4 Å². The Balaban J connectivity index is 2.12. The number of hydrogen-bond acceptors (Lipinski definition) is 5. The maximum absolute atomic E-state index is 12.1. The molecule has 25 heavy (non-hydrogen) atoms. The van der Waals surface area contributed by atoms with Gasteiger partial charge in [-0.2, -0.15) is 0 Å². The molecular weight excluding hydrogens is 348 g/mol. The van der Waals surface area contributed by atoms with Crippen LogP contribution in [0.4, 0.5) is 10.5 Å². The fraction of sp³-hybridized carbons (Fsp3) is 0.400. The van der Waals surface area contributed by atoms with Crippen LogP contribution in [0.1, 0.15) is 13.8 Å². The van der Waals surface area contributed by atoms with Crippen LogP contribution in [0.15, 0.2) is 29.2 Å². The highest BCUT2D eigenvalue weighted by Crippen LogP contribution is 2.19. The molecular formula is C15H20N4O5S. The van der Waals surface area contributed by atoms with E-state index in [0.29, 0.717) is 0 Å². The Labute approximate surface area is 146 Å². The number of carbonyl (C=O) groups is 3. The Kier molecular flexibility index (Phi) is 4.87. The minimum Gasteiger partial charge on any atom is -0.324 e. The molecule has 1 aromatic carbocycles. The molecule has 0 unspecified atom stereocenters. The average molecular weight is 368 g/mol. The smallest absolute Gasteiger partial charge is 0.324 e. The highest BCUT2D eigenvalue weighted by molar-refractivity contribution is 7.89. The van der Waals surface area contributed by atoms with Crippen LogP contribution in [0.3, 0.4) is 0 Å². The third-order valence-corrected chi connectivity index (χ3v) is 5.45. The molecule has 0 radical (unpaired) electrons. The van der Waals surface area contributed by atoms with Crippen LogP contribution in [0.2, 0.25) is 0 Å². The van der Waals surface area contributed by atoms with Crippen LogP contribution in [-0.4, -0.2) is 61.6 Å². The van der Waals surface area contributed by atoms with Gasteiger partial charge in [-0.3, -0.25) is 14.5 Å². The second kappa shape index (κ2) is 6.45. The van der Waals surface area contributed by atoms with E-state index in [9.17, 15) is 22.8 Å². The summed E-state index contributed by atoms with van der Waals surface area (Å²) in [5.74, 6) is -1.11. The van der Waals surface area contributed by atoms with Crippen molar-refractivity contribution in [3.63, 3.8) is 0 Å². The molecule has 0 saturated carbocycles. The third kappa shape index (κ3) is 3.80. The minimum atomic E-state index is -3.64. The highest BCUT2D eigenvalue weighted by atomic mass is 32.2. The van der Waals surface area contributed by atoms with E-state index in [1.54, 1.807) is 13.8 Å². The minimum absolute atomic E-state index is 0.0198. The molecule has 2 N–H and O–H groups in total. The molecule has 4 amide bonds. The van der Waals surface area contributed by atoms with Gasteiger partial charge in [0.2, 0.25) is 15.9 Å². The first-order valence-corrected chi connectivity index (χ1v) is 8.86. The number of carbonyl (C=O) groups excluding carboxylic acids is 3. The molecule has 0 spiro atoms. The summed E-state index contributed by atoms with van der Waals surface area (Å²) in [4.78, 5) is 36.8. The summed E-state index contributed by atoms with van der Waals surface area (Å²) in [6, 6.07) is 5.08. The number of rotatable bonds is 5. The summed E-state index contributed by atoms with van der Waals surface area (Å²) in [6.45, 7) is 2.63. The highest BCUT2D eigenvalue weighted by Gasteiger charge is 2.44. The number of anilines is 1. The molecule has 1 aliphatic rings. The predicted octanol–water partition coefficient (Wildman–Crippen LogP) is 0.206. The molecule has 9 nitrogen and oxygen atoms in total. The summed E-state index contributed by atoms with van der Waals surface area (Å²) in [7, 11) is -0.832. The Morgan fingerprint density at radius 3 is 2.44 bits per heavy atom. The van der Waals surface area contributed by atoms with Gasteiger partial charge in [0.15, 0.2) is 0 Å². The molecule has 0 atom stereocenters. The van der Waals surface area contributed by atoms with Crippen LogP contribution in [0.25, 0.3) is 0 Å². The Morgan fingerprint density at radius 2 is 1.92 bits per heavy atom. The molecule has 0 aliphatic carbocycles. The quantitative estimate of drug-likeness (QED) is 0.721. The van der Waals surface area contributed by atoms with Gasteiger partial charge < -0.3 is 10.6 Å². The molecule has 0 aromatic heterocycles. The van der Waals surface area contributed by atoms with Gasteiger partial charge in [0.1, 0.15) is 12.1 Å². The van der Waals surface area contributed by atoms with Crippen molar-refractivity contribution < 1.29 is 22.8 Å². The van der Waals surface area contributed by atoms with Crippen LogP contribution in [-0.2, 0) is 19.6 Å². The molecule has 1 fully saturated rings. The standard InChI is InChI=1S/C15H20N4O5S/c1-15(2)13(21)19(14(22)17-15)9-12(20)16-10-6-5-7-11(8-10)25(23,24)18(3)4/h5-8H,9H2,1-4H3,(H,16,20)(H,17,22). The second-order valence-electron chi connectivity index (χ2n) is 6.31. The van der Waals surface area contributed by atoms with Gasteiger partial charge in [-0.1, -0.05) is 6.07 Å². The zero-order valence-corrected chi connectivity index (χ0v) is 15.2. The molecule has 1 aliphatic heterocycles. The van der Waals surface area contributed by atoms with Crippen molar-refractivity contribution in [2.24, 2.45) is 0 Å². The molecule has 0 bridgehead atoms. The van der Waals surface area contributed by atoms with Crippen molar-refractivity contribution in [1.29, 1.82) is 0 Å². The van der Waals surface area contributed by atoms with Gasteiger partial charge in [-0.25, -0.2) is 17.5 Å². The van der Waals surface area contributed by atoms with Gasteiger partial charge in [-0.05, 0) is 32.0 Å². The van der Waals surface area contributed by atoms with Crippen molar-refractivity contribution in [3.05, 3.63) is 24.3 Å². The van der Waals surface area contributed by atoms with Crippen LogP contribution in [0, 0.1) is 0 Å². The van der Waals surface area contributed by atoms with Crippen LogP contribution in [0.5, 0.6) is 0 Å². The van der Waals surface area contributed by atoms with Crippen molar-refractivity contribution >= 4 is 33.6 Å². The van der Waals surface area contributed by atoms with Gasteiger partial charge in [-0.15, -0.1) is 0 Å². The van der Waals surface area contributed by atoms with E-state index in [2.05, 4.69) is 10.6 Å². The zero-order valence-electron chi connectivity index (χ0n) is 14.4. The van der Waals surface area contributed by atoms with Crippen LogP contribution >= 0.6 is 0 Å². The lowest BCUT2D eigenvalue weighted by Crippen LogP contribution is -2.41. The van der Waals surface area contributed by atoms with E-state index in [1.807, 2.05) is 0 Å². The number of benzene rings is 1. The monoisotopic (exact) mass is 368 g/mol. The summed E-state index contributed by atoms with van der Waals surface area (Å²) in [5.41, 5.74) is -0.809. The average Bonchev–Trinajstić information content (AvgIpc) is 2.69. The first-order valence-electron chi connectivity index (χ1n) is 7.42. The van der Waals surface area contributed by atoms with E-state index in [0.717, 1.165) is 9.21 Å². The zero-order chi connectivity index (χ0) is 19.0. The molecule has 2 rings (SSSR count). The number of amides is 4. The number of urea groups is 1. The van der Waals surface area contributed by atoms with Crippen molar-refractivity contribution in [2.45, 2.75) is 24.3 Å². The van der Waals surface area contributed by atoms with Gasteiger partial charge in [0.25, 0.3) is 5.91 Å². The lowest BCUT2D eigenvalue weighted by Gasteiger charge is -2.16. The maximum atomic E-state index is 12.1. The Hall–Kier alpha value is -2.46. The molecule has 1 aromatic rings. The largest absolute Gasteiger partial charge is 0.325 e. The Morgan fingerprint density at radius 1 is 1.28 bits per heavy atom. The predicted molar refractivity (Wildman–Crippen MR) is 90.3 cm³/mol. The Bertz CT molecular complexity index is 832. The molecule has 136 valence electrons. The van der Waals surface area contributed by atoms with Gasteiger partial charge >= 0.3 is 6.03 Å². The molecule has 1 saturated heterocycles. The van der Waals surface area contributed by atoms with E-state index in [-0.39, 0.29) is 10.6 Å². The fourth-order valence-corrected chi connectivity index (χ4v) is 3.20. The number of sulfonamides is 1. The summed E-state index contributed by atoms with van der Waals surface area (Å²) >= 11 is 0. The maximum Gasteiger partial charge on any atom is 0.325 e. The fourth-order valence-electron chi connectivity index (χ4n) is 2.25. The lowest BCUT2D eigenvalue weighted by molar-refractivity contribution is -0.132. The topological polar surface area (TPSA) is 116 Å². The first kappa shape index (κ1) is 18.9. The van der Waals surface area contributed by atoms with Crippen molar-refractivity contribution in [3.8, 4) is 0 Å². The number of hydrogen-bond donors (Lipinski definition) is 2. The molecule has 1 heterocycles. The second-order valence-corrected chi connectivity index (χ2v) is 8.46. The van der Waals surface area contributed by atoms with Crippen molar-refractivity contribution in [1.82, 2.24) is 14.5 Å². The number of imide groups is 1. The van der Waals surface area contributed by atoms with E-state index in [4.69, 9.17) is 0 Å². The summed E-state index contributed by atoms with van der Waals surface area (Å²) in [6.07, 6.45) is 0. The lowest BCUT2D eigenvalue weighted by atomic mass is 10.1. The molecule has 10 heteroatoms.